The van der Waals surface area contributed by atoms with Gasteiger partial charge in [-0.25, -0.2) is 14.7 Å². The van der Waals surface area contributed by atoms with Crippen LogP contribution in [0.3, 0.4) is 0 Å². The van der Waals surface area contributed by atoms with E-state index in [2.05, 4.69) is 39.4 Å². The van der Waals surface area contributed by atoms with Crippen molar-refractivity contribution in [2.45, 2.75) is 20.0 Å². The van der Waals surface area contributed by atoms with Gasteiger partial charge in [0.1, 0.15) is 5.75 Å². The van der Waals surface area contributed by atoms with Crippen LogP contribution in [-0.4, -0.2) is 46.3 Å². The fourth-order valence-corrected chi connectivity index (χ4v) is 2.80. The van der Waals surface area contributed by atoms with Crippen molar-refractivity contribution in [3.05, 3.63) is 72.2 Å². The number of guanidine groups is 1. The van der Waals surface area contributed by atoms with Crippen LogP contribution in [0.4, 0.5) is 0 Å². The number of nitrogens with one attached hydrogen (secondary N) is 1. The Kier molecular flexibility index (Phi) is 6.62. The highest BCUT2D eigenvalue weighted by atomic mass is 16.5. The summed E-state index contributed by atoms with van der Waals surface area (Å²) in [5, 5.41) is 7.58. The van der Waals surface area contributed by atoms with Gasteiger partial charge >= 0.3 is 0 Å². The van der Waals surface area contributed by atoms with E-state index in [1.165, 1.54) is 5.56 Å². The molecule has 0 aliphatic rings. The molecular formula is C21H26N6O. The average molecular weight is 378 g/mol. The third-order valence-corrected chi connectivity index (χ3v) is 4.24. The van der Waals surface area contributed by atoms with Gasteiger partial charge in [-0.15, -0.1) is 0 Å². The molecule has 0 atom stereocenters. The zero-order chi connectivity index (χ0) is 19.8. The summed E-state index contributed by atoms with van der Waals surface area (Å²) in [7, 11) is 3.71. The molecule has 0 fully saturated rings. The zero-order valence-corrected chi connectivity index (χ0v) is 16.5. The molecule has 2 aromatic heterocycles. The molecule has 1 aromatic carbocycles. The smallest absolute Gasteiger partial charge is 0.194 e. The van der Waals surface area contributed by atoms with Crippen LogP contribution in [0, 0.1) is 0 Å². The third-order valence-electron chi connectivity index (χ3n) is 4.24. The van der Waals surface area contributed by atoms with Gasteiger partial charge in [0.2, 0.25) is 0 Å². The number of benzene rings is 1. The zero-order valence-electron chi connectivity index (χ0n) is 16.5. The van der Waals surface area contributed by atoms with E-state index in [0.717, 1.165) is 36.2 Å². The maximum atomic E-state index is 5.22. The summed E-state index contributed by atoms with van der Waals surface area (Å²) in [6, 6.07) is 13.9. The first-order valence-electron chi connectivity index (χ1n) is 9.27. The predicted molar refractivity (Wildman–Crippen MR) is 111 cm³/mol. The first-order valence-corrected chi connectivity index (χ1v) is 9.27. The van der Waals surface area contributed by atoms with Crippen LogP contribution in [0.15, 0.2) is 66.0 Å². The lowest BCUT2D eigenvalue weighted by Gasteiger charge is -2.22. The second-order valence-electron chi connectivity index (χ2n) is 6.35. The van der Waals surface area contributed by atoms with Crippen molar-refractivity contribution in [2.24, 2.45) is 4.99 Å². The van der Waals surface area contributed by atoms with Crippen molar-refractivity contribution in [3.63, 3.8) is 0 Å². The molecule has 2 heterocycles. The average Bonchev–Trinajstić information content (AvgIpc) is 3.27. The largest absolute Gasteiger partial charge is 0.497 e. The maximum absolute atomic E-state index is 5.22. The van der Waals surface area contributed by atoms with E-state index in [4.69, 9.17) is 9.73 Å². The topological polar surface area (TPSA) is 67.6 Å². The molecule has 0 radical (unpaired) electrons. The minimum atomic E-state index is 0.562. The molecule has 1 N–H and O–H groups in total. The molecule has 0 saturated carbocycles. The Morgan fingerprint density at radius 3 is 2.68 bits per heavy atom. The molecule has 0 spiro atoms. The van der Waals surface area contributed by atoms with Gasteiger partial charge in [0.25, 0.3) is 0 Å². The lowest BCUT2D eigenvalue weighted by atomic mass is 10.2. The predicted octanol–water partition coefficient (Wildman–Crippen LogP) is 2.87. The second kappa shape index (κ2) is 9.55. The van der Waals surface area contributed by atoms with E-state index < -0.39 is 0 Å². The summed E-state index contributed by atoms with van der Waals surface area (Å²) in [4.78, 5) is 11.3. The molecular weight excluding hydrogens is 352 g/mol. The maximum Gasteiger partial charge on any atom is 0.194 e. The fraction of sp³-hybridized carbons (Fsp3) is 0.286. The molecule has 0 bridgehead atoms. The van der Waals surface area contributed by atoms with Gasteiger partial charge in [0.05, 0.1) is 13.7 Å². The molecule has 0 aliphatic heterocycles. The summed E-state index contributed by atoms with van der Waals surface area (Å²) in [6.45, 7) is 4.19. The quantitative estimate of drug-likeness (QED) is 0.506. The number of aliphatic imine (C=N–C) groups is 1. The van der Waals surface area contributed by atoms with Crippen molar-refractivity contribution in [2.75, 3.05) is 20.7 Å². The minimum Gasteiger partial charge on any atom is -0.497 e. The fourth-order valence-electron chi connectivity index (χ4n) is 2.80. The highest BCUT2D eigenvalue weighted by Crippen LogP contribution is 2.13. The molecule has 28 heavy (non-hydrogen) atoms. The molecule has 3 rings (SSSR count). The van der Waals surface area contributed by atoms with Crippen molar-refractivity contribution < 1.29 is 4.74 Å². The number of pyridine rings is 1. The van der Waals surface area contributed by atoms with Gasteiger partial charge in [-0.1, -0.05) is 12.1 Å². The molecule has 0 unspecified atom stereocenters. The number of aromatic nitrogens is 3. The standard InChI is InChI=1S/C21H26N6O/c1-4-22-21(26(2)16-17-6-8-19(28-3)9-7-17)24-15-18-10-12-23-20(14-18)27-13-5-11-25-27/h5-14H,4,15-16H2,1-3H3,(H,22,24). The van der Waals surface area contributed by atoms with Crippen molar-refractivity contribution in [1.29, 1.82) is 0 Å². The summed E-state index contributed by atoms with van der Waals surface area (Å²) in [5.41, 5.74) is 2.27. The number of rotatable bonds is 7. The summed E-state index contributed by atoms with van der Waals surface area (Å²) in [5.74, 6) is 2.50. The highest BCUT2D eigenvalue weighted by molar-refractivity contribution is 5.79. The van der Waals surface area contributed by atoms with E-state index in [1.54, 1.807) is 24.2 Å². The highest BCUT2D eigenvalue weighted by Gasteiger charge is 2.07. The number of hydrogen-bond donors (Lipinski definition) is 1. The first-order chi connectivity index (χ1) is 13.7. The third kappa shape index (κ3) is 5.09. The SMILES string of the molecule is CCNC(=NCc1ccnc(-n2cccn2)c1)N(C)Cc1ccc(OC)cc1. The Hall–Kier alpha value is -3.35. The first kappa shape index (κ1) is 19.4. The van der Waals surface area contributed by atoms with E-state index in [1.807, 2.05) is 43.6 Å². The van der Waals surface area contributed by atoms with Gasteiger partial charge in [-0.2, -0.15) is 5.10 Å². The Morgan fingerprint density at radius 1 is 1.18 bits per heavy atom. The lowest BCUT2D eigenvalue weighted by molar-refractivity contribution is 0.414. The van der Waals surface area contributed by atoms with Crippen molar-refractivity contribution >= 4 is 5.96 Å². The summed E-state index contributed by atoms with van der Waals surface area (Å²) < 4.78 is 6.97. The van der Waals surface area contributed by atoms with Crippen LogP contribution in [0.5, 0.6) is 5.75 Å². The van der Waals surface area contributed by atoms with Gasteiger partial charge < -0.3 is 15.0 Å². The van der Waals surface area contributed by atoms with E-state index in [-0.39, 0.29) is 0 Å². The van der Waals surface area contributed by atoms with Crippen LogP contribution < -0.4 is 10.1 Å². The molecule has 146 valence electrons. The van der Waals surface area contributed by atoms with Gasteiger partial charge in [0, 0.05) is 38.7 Å². The number of ether oxygens (including phenoxy) is 1. The summed E-state index contributed by atoms with van der Waals surface area (Å²) >= 11 is 0. The normalized spacial score (nSPS) is 11.3. The van der Waals surface area contributed by atoms with Crippen LogP contribution in [0.2, 0.25) is 0 Å². The Bertz CT molecular complexity index is 890. The van der Waals surface area contributed by atoms with Crippen LogP contribution in [-0.2, 0) is 13.1 Å². The van der Waals surface area contributed by atoms with Crippen LogP contribution >= 0.6 is 0 Å². The molecule has 0 saturated heterocycles. The molecule has 3 aromatic rings. The Morgan fingerprint density at radius 2 is 2.00 bits per heavy atom. The van der Waals surface area contributed by atoms with Crippen LogP contribution in [0.1, 0.15) is 18.1 Å². The number of nitrogens with zero attached hydrogens (tertiary/aromatic N) is 5. The monoisotopic (exact) mass is 378 g/mol. The number of methoxy groups -OCH3 is 1. The van der Waals surface area contributed by atoms with Crippen molar-refractivity contribution in [1.82, 2.24) is 25.0 Å². The van der Waals surface area contributed by atoms with E-state index >= 15 is 0 Å². The van der Waals surface area contributed by atoms with Crippen LogP contribution in [0.25, 0.3) is 5.82 Å². The van der Waals surface area contributed by atoms with E-state index in [9.17, 15) is 0 Å². The van der Waals surface area contributed by atoms with E-state index in [0.29, 0.717) is 6.54 Å². The molecule has 7 nitrogen and oxygen atoms in total. The molecule has 7 heteroatoms. The lowest BCUT2D eigenvalue weighted by Crippen LogP contribution is -2.38. The number of hydrogen-bond acceptors (Lipinski definition) is 4. The van der Waals surface area contributed by atoms with Crippen molar-refractivity contribution in [3.8, 4) is 11.6 Å². The molecule has 0 amide bonds. The van der Waals surface area contributed by atoms with Gasteiger partial charge in [-0.05, 0) is 48.4 Å². The second-order valence-corrected chi connectivity index (χ2v) is 6.35. The van der Waals surface area contributed by atoms with Gasteiger partial charge in [-0.3, -0.25) is 0 Å². The Labute approximate surface area is 165 Å². The minimum absolute atomic E-state index is 0.562. The van der Waals surface area contributed by atoms with Gasteiger partial charge in [0.15, 0.2) is 11.8 Å². The molecule has 0 aliphatic carbocycles. The Balaban J connectivity index is 1.70. The summed E-state index contributed by atoms with van der Waals surface area (Å²) in [6.07, 6.45) is 5.40.